The third-order valence-electron chi connectivity index (χ3n) is 5.49. The predicted molar refractivity (Wildman–Crippen MR) is 113 cm³/mol. The zero-order valence-electron chi connectivity index (χ0n) is 17.2. The first-order chi connectivity index (χ1) is 15.0. The Morgan fingerprint density at radius 2 is 2.10 bits per heavy atom. The van der Waals surface area contributed by atoms with Crippen molar-refractivity contribution in [3.8, 4) is 0 Å². The van der Waals surface area contributed by atoms with E-state index in [2.05, 4.69) is 10.6 Å². The van der Waals surface area contributed by atoms with Crippen LogP contribution in [0.4, 0.5) is 4.79 Å². The first-order valence-electron chi connectivity index (χ1n) is 10.3. The molecule has 1 aromatic heterocycles. The number of aromatic nitrogens is 1. The van der Waals surface area contributed by atoms with Crippen LogP contribution in [-0.2, 0) is 25.7 Å². The Bertz CT molecular complexity index is 1080. The number of carbonyl (C=O) groups is 4. The summed E-state index contributed by atoms with van der Waals surface area (Å²) in [6.45, 7) is 3.11. The van der Waals surface area contributed by atoms with Crippen molar-refractivity contribution < 1.29 is 23.9 Å². The number of hydrogen-bond donors (Lipinski definition) is 2. The molecule has 2 N–H and O–H groups in total. The van der Waals surface area contributed by atoms with Gasteiger partial charge in [0.15, 0.2) is 0 Å². The molecule has 2 aliphatic rings. The van der Waals surface area contributed by atoms with Gasteiger partial charge in [-0.2, -0.15) is 0 Å². The first-order valence-corrected chi connectivity index (χ1v) is 10.3. The lowest BCUT2D eigenvalue weighted by Gasteiger charge is -2.24. The van der Waals surface area contributed by atoms with Crippen molar-refractivity contribution in [1.29, 1.82) is 0 Å². The van der Waals surface area contributed by atoms with Gasteiger partial charge in [0.05, 0.1) is 6.10 Å². The van der Waals surface area contributed by atoms with Gasteiger partial charge >= 0.3 is 6.03 Å². The molecule has 31 heavy (non-hydrogen) atoms. The highest BCUT2D eigenvalue weighted by Crippen LogP contribution is 2.25. The van der Waals surface area contributed by atoms with Crippen molar-refractivity contribution in [3.63, 3.8) is 0 Å². The lowest BCUT2D eigenvalue weighted by Crippen LogP contribution is -2.53. The molecule has 2 saturated heterocycles. The van der Waals surface area contributed by atoms with Crippen LogP contribution in [0.25, 0.3) is 17.0 Å². The fourth-order valence-corrected chi connectivity index (χ4v) is 3.90. The first kappa shape index (κ1) is 20.8. The number of nitrogens with zero attached hydrogens (tertiary/aromatic N) is 2. The summed E-state index contributed by atoms with van der Waals surface area (Å²) in [6.07, 6.45) is 5.21. The smallest absolute Gasteiger partial charge is 0.331 e. The Hall–Kier alpha value is -3.46. The number of ether oxygens (including phenoxy) is 1. The van der Waals surface area contributed by atoms with Gasteiger partial charge in [-0.25, -0.2) is 4.79 Å². The third-order valence-corrected chi connectivity index (χ3v) is 5.49. The van der Waals surface area contributed by atoms with E-state index in [0.717, 1.165) is 35.3 Å². The Balaban J connectivity index is 1.60. The molecule has 2 aliphatic heterocycles. The van der Waals surface area contributed by atoms with Crippen molar-refractivity contribution >= 4 is 40.7 Å². The quantitative estimate of drug-likeness (QED) is 0.538. The summed E-state index contributed by atoms with van der Waals surface area (Å²) in [5.74, 6) is -1.52. The van der Waals surface area contributed by atoms with Crippen LogP contribution in [0.1, 0.15) is 25.3 Å². The Morgan fingerprint density at radius 1 is 1.29 bits per heavy atom. The average Bonchev–Trinajstić information content (AvgIpc) is 3.38. The van der Waals surface area contributed by atoms with E-state index in [-0.39, 0.29) is 30.7 Å². The minimum Gasteiger partial charge on any atom is -0.376 e. The molecule has 5 amide bonds. The van der Waals surface area contributed by atoms with Gasteiger partial charge in [0, 0.05) is 42.4 Å². The van der Waals surface area contributed by atoms with Crippen molar-refractivity contribution in [2.75, 3.05) is 19.7 Å². The molecule has 2 aromatic rings. The Labute approximate surface area is 179 Å². The summed E-state index contributed by atoms with van der Waals surface area (Å²) in [4.78, 5) is 50.2. The molecule has 9 nitrogen and oxygen atoms in total. The van der Waals surface area contributed by atoms with Gasteiger partial charge in [0.2, 0.25) is 5.91 Å². The van der Waals surface area contributed by atoms with E-state index in [9.17, 15) is 19.2 Å². The number of barbiturate groups is 1. The van der Waals surface area contributed by atoms with Crippen LogP contribution < -0.4 is 10.6 Å². The van der Waals surface area contributed by atoms with Crippen LogP contribution in [0.15, 0.2) is 36.0 Å². The van der Waals surface area contributed by atoms with Crippen LogP contribution in [-0.4, -0.2) is 59.0 Å². The summed E-state index contributed by atoms with van der Waals surface area (Å²) >= 11 is 0. The number of rotatable bonds is 6. The number of amides is 5. The monoisotopic (exact) mass is 424 g/mol. The lowest BCUT2D eigenvalue weighted by molar-refractivity contribution is -0.130. The molecule has 1 aromatic carbocycles. The van der Waals surface area contributed by atoms with Crippen molar-refractivity contribution in [1.82, 2.24) is 20.1 Å². The van der Waals surface area contributed by atoms with Gasteiger partial charge in [-0.05, 0) is 31.9 Å². The van der Waals surface area contributed by atoms with Gasteiger partial charge in [0.25, 0.3) is 11.8 Å². The molecule has 3 heterocycles. The fraction of sp³-hybridized carbons (Fsp3) is 0.364. The van der Waals surface area contributed by atoms with Crippen molar-refractivity contribution in [2.45, 2.75) is 32.4 Å². The molecular weight excluding hydrogens is 400 g/mol. The summed E-state index contributed by atoms with van der Waals surface area (Å²) in [5.41, 5.74) is 1.30. The minimum atomic E-state index is -0.731. The highest BCUT2D eigenvalue weighted by atomic mass is 16.5. The average molecular weight is 424 g/mol. The molecule has 162 valence electrons. The Morgan fingerprint density at radius 3 is 2.84 bits per heavy atom. The van der Waals surface area contributed by atoms with Gasteiger partial charge in [-0.1, -0.05) is 18.2 Å². The van der Waals surface area contributed by atoms with Gasteiger partial charge in [-0.3, -0.25) is 24.6 Å². The van der Waals surface area contributed by atoms with Crippen LogP contribution >= 0.6 is 0 Å². The molecule has 0 aliphatic carbocycles. The van der Waals surface area contributed by atoms with E-state index in [0.29, 0.717) is 12.1 Å². The van der Waals surface area contributed by atoms with E-state index in [1.165, 1.54) is 6.08 Å². The van der Waals surface area contributed by atoms with Crippen LogP contribution in [0.5, 0.6) is 0 Å². The maximum absolute atomic E-state index is 12.6. The molecule has 0 bridgehead atoms. The highest BCUT2D eigenvalue weighted by Gasteiger charge is 2.34. The van der Waals surface area contributed by atoms with E-state index < -0.39 is 17.8 Å². The summed E-state index contributed by atoms with van der Waals surface area (Å²) in [5, 5.41) is 5.88. The maximum atomic E-state index is 12.6. The lowest BCUT2D eigenvalue weighted by atomic mass is 10.1. The maximum Gasteiger partial charge on any atom is 0.331 e. The van der Waals surface area contributed by atoms with E-state index in [4.69, 9.17) is 4.74 Å². The number of hydrogen-bond acceptors (Lipinski definition) is 5. The molecule has 4 rings (SSSR count). The summed E-state index contributed by atoms with van der Waals surface area (Å²) < 4.78 is 7.31. The number of nitrogens with one attached hydrogen (secondary N) is 2. The Kier molecular flexibility index (Phi) is 5.85. The van der Waals surface area contributed by atoms with Gasteiger partial charge < -0.3 is 14.6 Å². The normalized spacial score (nSPS) is 20.5. The second-order valence-corrected chi connectivity index (χ2v) is 7.54. The van der Waals surface area contributed by atoms with E-state index >= 15 is 0 Å². The molecule has 1 atom stereocenters. The number of benzene rings is 1. The van der Waals surface area contributed by atoms with Crippen LogP contribution in [0.2, 0.25) is 0 Å². The number of fused-ring (bicyclic) bond motifs is 1. The number of imide groups is 2. The summed E-state index contributed by atoms with van der Waals surface area (Å²) in [7, 11) is 0. The molecule has 0 spiro atoms. The summed E-state index contributed by atoms with van der Waals surface area (Å²) in [6, 6.07) is 6.71. The zero-order chi connectivity index (χ0) is 22.0. The van der Waals surface area contributed by atoms with Gasteiger partial charge in [-0.15, -0.1) is 0 Å². The zero-order valence-corrected chi connectivity index (χ0v) is 17.2. The largest absolute Gasteiger partial charge is 0.376 e. The standard InChI is InChI=1S/C22H24N4O5/c1-2-26-21(29)17(20(28)24-22(26)30)10-14-12-25(18-8-4-3-7-16(14)18)13-19(27)23-11-15-6-5-9-31-15/h3-4,7-8,10,12,15H,2,5-6,9,11,13H2,1H3,(H,23,27)(H,24,28,30)/b17-10+/t15-/m1/s1. The number of likely N-dealkylation sites (N-methyl/N-ethyl adjacent to an activating group) is 1. The SMILES string of the molecule is CCN1C(=O)NC(=O)/C(=C\c2cn(CC(=O)NC[C@H]3CCCO3)c3ccccc23)C1=O. The molecule has 2 fully saturated rings. The fourth-order valence-electron chi connectivity index (χ4n) is 3.90. The number of carbonyl (C=O) groups excluding carboxylic acids is 4. The van der Waals surface area contributed by atoms with Crippen LogP contribution in [0.3, 0.4) is 0 Å². The molecule has 9 heteroatoms. The topological polar surface area (TPSA) is 110 Å². The van der Waals surface area contributed by atoms with E-state index in [1.807, 2.05) is 24.3 Å². The minimum absolute atomic E-state index is 0.0608. The number of urea groups is 1. The third kappa shape index (κ3) is 4.22. The number of para-hydroxylation sites is 1. The highest BCUT2D eigenvalue weighted by molar-refractivity contribution is 6.31. The predicted octanol–water partition coefficient (Wildman–Crippen LogP) is 1.42. The second-order valence-electron chi connectivity index (χ2n) is 7.54. The van der Waals surface area contributed by atoms with E-state index in [1.54, 1.807) is 17.7 Å². The molecular formula is C22H24N4O5. The molecule has 0 unspecified atom stereocenters. The van der Waals surface area contributed by atoms with Crippen molar-refractivity contribution in [2.24, 2.45) is 0 Å². The molecule has 0 saturated carbocycles. The van der Waals surface area contributed by atoms with Crippen LogP contribution in [0, 0.1) is 0 Å². The van der Waals surface area contributed by atoms with Crippen molar-refractivity contribution in [3.05, 3.63) is 41.6 Å². The second kappa shape index (κ2) is 8.73. The van der Waals surface area contributed by atoms with Gasteiger partial charge in [0.1, 0.15) is 12.1 Å². The molecule has 0 radical (unpaired) electrons.